The van der Waals surface area contributed by atoms with Gasteiger partial charge in [0.25, 0.3) is 5.91 Å². The van der Waals surface area contributed by atoms with Gasteiger partial charge in [0, 0.05) is 23.7 Å². The van der Waals surface area contributed by atoms with Crippen LogP contribution in [0, 0.1) is 12.8 Å². The Hall–Kier alpha value is -2.31. The van der Waals surface area contributed by atoms with Crippen molar-refractivity contribution in [2.45, 2.75) is 103 Å². The first-order valence-corrected chi connectivity index (χ1v) is 16.1. The first-order valence-electron chi connectivity index (χ1n) is 14.7. The summed E-state index contributed by atoms with van der Waals surface area (Å²) in [5, 5.41) is 12.5. The highest BCUT2D eigenvalue weighted by atomic mass is 32.2. The maximum absolute atomic E-state index is 13.5. The number of thioether (sulfide) groups is 1. The second kappa shape index (κ2) is 13.4. The molecule has 0 saturated heterocycles. The van der Waals surface area contributed by atoms with E-state index in [2.05, 4.69) is 55.3 Å². The number of amides is 1. The maximum atomic E-state index is 13.5. The lowest BCUT2D eigenvalue weighted by Crippen LogP contribution is -2.43. The third-order valence-electron chi connectivity index (χ3n) is 8.78. The van der Waals surface area contributed by atoms with Crippen LogP contribution in [-0.2, 0) is 11.3 Å². The van der Waals surface area contributed by atoms with Crippen molar-refractivity contribution < 1.29 is 14.7 Å². The quantitative estimate of drug-likeness (QED) is 0.274. The molecule has 1 unspecified atom stereocenters. The normalized spacial score (nSPS) is 17.8. The number of hydrogen-bond acceptors (Lipinski definition) is 4. The fourth-order valence-corrected chi connectivity index (χ4v) is 6.96. The highest BCUT2D eigenvalue weighted by Gasteiger charge is 2.49. The summed E-state index contributed by atoms with van der Waals surface area (Å²) in [4.78, 5) is 28.0. The molecule has 1 amide bonds. The number of nitrogens with one attached hydrogen (secondary N) is 1. The van der Waals surface area contributed by atoms with E-state index >= 15 is 0 Å². The van der Waals surface area contributed by atoms with E-state index in [0.29, 0.717) is 29.3 Å². The van der Waals surface area contributed by atoms with Gasteiger partial charge in [0.2, 0.25) is 0 Å². The number of carbonyl (C=O) groups excluding carboxylic acids is 1. The molecule has 0 aromatic heterocycles. The van der Waals surface area contributed by atoms with Crippen molar-refractivity contribution in [3.8, 4) is 11.1 Å². The van der Waals surface area contributed by atoms with Gasteiger partial charge in [-0.1, -0.05) is 62.4 Å². The van der Waals surface area contributed by atoms with Gasteiger partial charge in [-0.2, -0.15) is 11.8 Å². The van der Waals surface area contributed by atoms with Crippen LogP contribution < -0.4 is 5.32 Å². The topological polar surface area (TPSA) is 69.6 Å². The number of carboxylic acids is 1. The predicted octanol–water partition coefficient (Wildman–Crippen LogP) is 7.31. The van der Waals surface area contributed by atoms with Gasteiger partial charge >= 0.3 is 5.97 Å². The molecule has 4 rings (SSSR count). The third-order valence-corrected chi connectivity index (χ3v) is 9.43. The monoisotopic (exact) mass is 550 g/mol. The lowest BCUT2D eigenvalue weighted by Gasteiger charge is -2.38. The molecule has 0 bridgehead atoms. The number of aryl methyl sites for hydroxylation is 1. The third kappa shape index (κ3) is 7.46. The van der Waals surface area contributed by atoms with Crippen molar-refractivity contribution in [2.75, 3.05) is 12.0 Å². The Morgan fingerprint density at radius 2 is 1.79 bits per heavy atom. The molecule has 2 N–H and O–H groups in total. The van der Waals surface area contributed by atoms with Crippen molar-refractivity contribution in [3.63, 3.8) is 0 Å². The summed E-state index contributed by atoms with van der Waals surface area (Å²) >= 11 is 1.58. The lowest BCUT2D eigenvalue weighted by atomic mass is 9.83. The van der Waals surface area contributed by atoms with E-state index in [1.54, 1.807) is 11.8 Å². The number of benzene rings is 2. The largest absolute Gasteiger partial charge is 0.480 e. The van der Waals surface area contributed by atoms with Gasteiger partial charge in [0.15, 0.2) is 0 Å². The molecule has 0 heterocycles. The number of rotatable bonds is 13. The number of aliphatic carboxylic acids is 1. The van der Waals surface area contributed by atoms with Crippen molar-refractivity contribution in [3.05, 3.63) is 59.2 Å². The van der Waals surface area contributed by atoms with Crippen LogP contribution in [0.25, 0.3) is 11.1 Å². The minimum atomic E-state index is -0.994. The fraction of sp³-hybridized carbons (Fsp3) is 0.576. The molecule has 2 aliphatic rings. The second-order valence-corrected chi connectivity index (χ2v) is 13.0. The minimum Gasteiger partial charge on any atom is -0.480 e. The summed E-state index contributed by atoms with van der Waals surface area (Å²) < 4.78 is 0. The summed E-state index contributed by atoms with van der Waals surface area (Å²) in [5.41, 5.74) is 5.02. The Kier molecular flexibility index (Phi) is 10.2. The van der Waals surface area contributed by atoms with Crippen LogP contribution in [0.1, 0.15) is 93.1 Å². The molecule has 2 saturated carbocycles. The van der Waals surface area contributed by atoms with Crippen LogP contribution in [0.15, 0.2) is 42.5 Å². The fourth-order valence-electron chi connectivity index (χ4n) is 6.49. The van der Waals surface area contributed by atoms with Gasteiger partial charge in [-0.3, -0.25) is 9.69 Å². The van der Waals surface area contributed by atoms with Crippen LogP contribution in [0.5, 0.6) is 0 Å². The van der Waals surface area contributed by atoms with Gasteiger partial charge in [-0.25, -0.2) is 4.79 Å². The van der Waals surface area contributed by atoms with Crippen molar-refractivity contribution >= 4 is 23.6 Å². The second-order valence-electron chi connectivity index (χ2n) is 12.0. The Morgan fingerprint density at radius 1 is 1.08 bits per heavy atom. The van der Waals surface area contributed by atoms with E-state index in [4.69, 9.17) is 0 Å². The van der Waals surface area contributed by atoms with E-state index in [-0.39, 0.29) is 5.91 Å². The van der Waals surface area contributed by atoms with Gasteiger partial charge in [-0.15, -0.1) is 0 Å². The van der Waals surface area contributed by atoms with Gasteiger partial charge in [0.1, 0.15) is 6.04 Å². The lowest BCUT2D eigenvalue weighted by molar-refractivity contribution is -0.139. The molecule has 2 aliphatic carbocycles. The molecule has 2 aromatic carbocycles. The number of nitrogens with zero attached hydrogens (tertiary/aromatic N) is 1. The van der Waals surface area contributed by atoms with Crippen molar-refractivity contribution in [2.24, 2.45) is 5.92 Å². The van der Waals surface area contributed by atoms with Crippen LogP contribution >= 0.6 is 11.8 Å². The van der Waals surface area contributed by atoms with Gasteiger partial charge < -0.3 is 10.4 Å². The zero-order valence-corrected chi connectivity index (χ0v) is 25.0. The maximum Gasteiger partial charge on any atom is 0.326 e. The summed E-state index contributed by atoms with van der Waals surface area (Å²) in [5.74, 6) is 0.204. The number of carbonyl (C=O) groups is 2. The van der Waals surface area contributed by atoms with E-state index in [1.807, 2.05) is 24.5 Å². The molecule has 0 aliphatic heterocycles. The summed E-state index contributed by atoms with van der Waals surface area (Å²) in [6.07, 6.45) is 13.1. The molecule has 212 valence electrons. The average molecular weight is 551 g/mol. The van der Waals surface area contributed by atoms with Crippen molar-refractivity contribution in [1.29, 1.82) is 0 Å². The van der Waals surface area contributed by atoms with E-state index in [9.17, 15) is 14.7 Å². The molecule has 5 nitrogen and oxygen atoms in total. The molecule has 2 fully saturated rings. The predicted molar refractivity (Wildman–Crippen MR) is 162 cm³/mol. The van der Waals surface area contributed by atoms with Crippen LogP contribution in [-0.4, -0.2) is 51.5 Å². The SMILES string of the molecule is CSCCC(NC(=O)c1ccc(CN(C(C)C)C2(CC3CCCCC3)CC2)cc1-c1ccccc1C)C(=O)O. The number of hydrogen-bond donors (Lipinski definition) is 2. The molecule has 2 aromatic rings. The Labute approximate surface area is 239 Å². The highest BCUT2D eigenvalue weighted by Crippen LogP contribution is 2.50. The standard InChI is InChI=1S/C33H46N2O3S/c1-23(2)35(33(17-18-33)21-25-11-6-5-7-12-25)22-26-14-15-28(29(20-26)27-13-9-8-10-24(27)3)31(36)34-30(32(37)38)16-19-39-4/h8-10,13-15,20,23,25,30H,5-7,11-12,16-19,21-22H2,1-4H3,(H,34,36)(H,37,38). The first kappa shape index (κ1) is 29.7. The first-order chi connectivity index (χ1) is 18.7. The Bertz CT molecular complexity index is 1140. The van der Waals surface area contributed by atoms with Crippen LogP contribution in [0.3, 0.4) is 0 Å². The molecular formula is C33H46N2O3S. The molecule has 39 heavy (non-hydrogen) atoms. The zero-order chi connectivity index (χ0) is 28.0. The molecular weight excluding hydrogens is 504 g/mol. The molecule has 0 spiro atoms. The van der Waals surface area contributed by atoms with Crippen molar-refractivity contribution in [1.82, 2.24) is 10.2 Å². The van der Waals surface area contributed by atoms with E-state index in [0.717, 1.165) is 29.2 Å². The van der Waals surface area contributed by atoms with Crippen LogP contribution in [0.2, 0.25) is 0 Å². The van der Waals surface area contributed by atoms with E-state index < -0.39 is 12.0 Å². The van der Waals surface area contributed by atoms with Gasteiger partial charge in [0.05, 0.1) is 0 Å². The molecule has 6 heteroatoms. The number of carboxylic acid groups (broad SMARTS) is 1. The minimum absolute atomic E-state index is 0.307. The molecule has 1 atom stereocenters. The zero-order valence-electron chi connectivity index (χ0n) is 24.2. The highest BCUT2D eigenvalue weighted by molar-refractivity contribution is 7.98. The Balaban J connectivity index is 1.62. The smallest absolute Gasteiger partial charge is 0.326 e. The average Bonchev–Trinajstić information content (AvgIpc) is 3.69. The summed E-state index contributed by atoms with van der Waals surface area (Å²) in [7, 11) is 0. The summed E-state index contributed by atoms with van der Waals surface area (Å²) in [6.45, 7) is 7.54. The Morgan fingerprint density at radius 3 is 2.41 bits per heavy atom. The van der Waals surface area contributed by atoms with E-state index in [1.165, 1.54) is 56.9 Å². The van der Waals surface area contributed by atoms with Gasteiger partial charge in [-0.05, 0) is 98.8 Å². The molecule has 0 radical (unpaired) electrons. The summed E-state index contributed by atoms with van der Waals surface area (Å²) in [6, 6.07) is 13.8. The van der Waals surface area contributed by atoms with Crippen LogP contribution in [0.4, 0.5) is 0 Å².